The van der Waals surface area contributed by atoms with Crippen molar-refractivity contribution in [1.82, 2.24) is 4.98 Å². The first kappa shape index (κ1) is 17.4. The van der Waals surface area contributed by atoms with Gasteiger partial charge in [-0.25, -0.2) is 0 Å². The summed E-state index contributed by atoms with van der Waals surface area (Å²) >= 11 is 2.11. The zero-order valence-electron chi connectivity index (χ0n) is 12.3. The Hall–Kier alpha value is -2.44. The van der Waals surface area contributed by atoms with Crippen LogP contribution in [0.15, 0.2) is 39.3 Å². The molecule has 0 saturated carbocycles. The smallest absolute Gasteiger partial charge is 0.416 e. The lowest BCUT2D eigenvalue weighted by atomic mass is 10.1. The summed E-state index contributed by atoms with van der Waals surface area (Å²) in [5.41, 5.74) is -0.845. The summed E-state index contributed by atoms with van der Waals surface area (Å²) in [4.78, 5) is 13.9. The number of aromatic amines is 1. The average Bonchev–Trinajstić information content (AvgIpc) is 2.90. The number of pyridine rings is 1. The van der Waals surface area contributed by atoms with E-state index in [9.17, 15) is 28.3 Å². The molecule has 0 unspecified atom stereocenters. The third kappa shape index (κ3) is 3.36. The van der Waals surface area contributed by atoms with Gasteiger partial charge >= 0.3 is 6.18 Å². The summed E-state index contributed by atoms with van der Waals surface area (Å²) in [6, 6.07) is 8.16. The summed E-state index contributed by atoms with van der Waals surface area (Å²) in [6.07, 6.45) is -4.46. The molecule has 0 bridgehead atoms. The van der Waals surface area contributed by atoms with Gasteiger partial charge in [0.15, 0.2) is 0 Å². The minimum absolute atomic E-state index is 0.00216. The Morgan fingerprint density at radius 2 is 2.04 bits per heavy atom. The van der Waals surface area contributed by atoms with E-state index in [1.165, 1.54) is 18.2 Å². The van der Waals surface area contributed by atoms with Gasteiger partial charge in [-0.2, -0.15) is 18.4 Å². The zero-order valence-corrected chi connectivity index (χ0v) is 14.0. The van der Waals surface area contributed by atoms with Crippen molar-refractivity contribution in [3.8, 4) is 11.8 Å². The molecule has 0 radical (unpaired) electrons. The van der Waals surface area contributed by atoms with Crippen LogP contribution in [-0.2, 0) is 11.9 Å². The third-order valence-corrected chi connectivity index (χ3v) is 5.95. The highest BCUT2D eigenvalue weighted by Gasteiger charge is 2.32. The molecule has 3 rings (SSSR count). The molecule has 128 valence electrons. The molecule has 3 aromatic rings. The Bertz CT molecular complexity index is 1050. The van der Waals surface area contributed by atoms with E-state index in [-0.39, 0.29) is 28.1 Å². The number of nitrogens with zero attached hydrogens (tertiary/aromatic N) is 1. The fourth-order valence-electron chi connectivity index (χ4n) is 2.33. The maximum Gasteiger partial charge on any atom is 0.416 e. The molecule has 4 nitrogen and oxygen atoms in total. The number of thioether (sulfide) groups is 1. The first-order valence-corrected chi connectivity index (χ1v) is 8.68. The summed E-state index contributed by atoms with van der Waals surface area (Å²) in [5, 5.41) is 19.2. The van der Waals surface area contributed by atoms with Crippen molar-refractivity contribution in [1.29, 1.82) is 5.26 Å². The van der Waals surface area contributed by atoms with E-state index < -0.39 is 17.3 Å². The average molecular weight is 382 g/mol. The minimum Gasteiger partial charge on any atom is -0.506 e. The number of hydrogen-bond acceptors (Lipinski definition) is 5. The molecule has 0 aliphatic rings. The maximum atomic E-state index is 13.1. The van der Waals surface area contributed by atoms with E-state index in [4.69, 9.17) is 0 Å². The Kier molecular flexibility index (Phi) is 4.49. The summed E-state index contributed by atoms with van der Waals surface area (Å²) in [5.74, 6) is -0.259. The van der Waals surface area contributed by atoms with Crippen LogP contribution in [0, 0.1) is 11.3 Å². The number of alkyl halides is 3. The van der Waals surface area contributed by atoms with Gasteiger partial charge < -0.3 is 10.1 Å². The van der Waals surface area contributed by atoms with Crippen LogP contribution in [0.4, 0.5) is 13.2 Å². The third-order valence-electron chi connectivity index (χ3n) is 3.42. The van der Waals surface area contributed by atoms with Crippen LogP contribution < -0.4 is 5.56 Å². The normalized spacial score (nSPS) is 11.6. The van der Waals surface area contributed by atoms with Gasteiger partial charge in [0.1, 0.15) is 17.4 Å². The van der Waals surface area contributed by atoms with Crippen molar-refractivity contribution in [2.24, 2.45) is 0 Å². The highest BCUT2D eigenvalue weighted by atomic mass is 32.2. The molecule has 1 aromatic carbocycles. The number of nitriles is 1. The van der Waals surface area contributed by atoms with Gasteiger partial charge in [0.25, 0.3) is 5.56 Å². The number of hydrogen-bond donors (Lipinski definition) is 2. The number of fused-ring (bicyclic) bond motifs is 1. The highest BCUT2D eigenvalue weighted by molar-refractivity contribution is 8.00. The monoisotopic (exact) mass is 382 g/mol. The second kappa shape index (κ2) is 6.46. The van der Waals surface area contributed by atoms with Crippen molar-refractivity contribution in [3.63, 3.8) is 0 Å². The molecule has 0 spiro atoms. The second-order valence-electron chi connectivity index (χ2n) is 5.04. The fourth-order valence-corrected chi connectivity index (χ4v) is 4.67. The summed E-state index contributed by atoms with van der Waals surface area (Å²) in [6.45, 7) is 0. The van der Waals surface area contributed by atoms with Crippen LogP contribution in [0.5, 0.6) is 5.75 Å². The molecule has 2 aromatic heterocycles. The van der Waals surface area contributed by atoms with Crippen molar-refractivity contribution in [2.45, 2.75) is 16.1 Å². The number of aromatic hydroxyl groups is 1. The Morgan fingerprint density at radius 3 is 2.72 bits per heavy atom. The van der Waals surface area contributed by atoms with Crippen molar-refractivity contribution >= 4 is 33.3 Å². The van der Waals surface area contributed by atoms with E-state index in [1.807, 2.05) is 6.07 Å². The molecule has 0 atom stereocenters. The quantitative estimate of drug-likeness (QED) is 0.655. The van der Waals surface area contributed by atoms with Crippen molar-refractivity contribution in [3.05, 3.63) is 57.4 Å². The number of aromatic nitrogens is 1. The topological polar surface area (TPSA) is 76.9 Å². The predicted octanol–water partition coefficient (Wildman–Crippen LogP) is 4.48. The van der Waals surface area contributed by atoms with Crippen molar-refractivity contribution < 1.29 is 18.3 Å². The standard InChI is InChI=1S/C16H9F3N2O2S2/c17-16(18,19)10-4-2-1-3-8(10)7-24-15-9(6-20)13-14(25-15)11(22)5-12(23)21-13/h1-5H,7H2,(H2,21,22,23). The van der Waals surface area contributed by atoms with Gasteiger partial charge in [0.2, 0.25) is 0 Å². The van der Waals surface area contributed by atoms with Crippen LogP contribution in [0.3, 0.4) is 0 Å². The van der Waals surface area contributed by atoms with E-state index in [1.54, 1.807) is 0 Å². The highest BCUT2D eigenvalue weighted by Crippen LogP contribution is 2.42. The first-order chi connectivity index (χ1) is 11.8. The molecule has 25 heavy (non-hydrogen) atoms. The van der Waals surface area contributed by atoms with Crippen LogP contribution >= 0.6 is 23.1 Å². The molecule has 2 N–H and O–H groups in total. The number of benzene rings is 1. The number of rotatable bonds is 3. The second-order valence-corrected chi connectivity index (χ2v) is 7.31. The molecule has 2 heterocycles. The van der Waals surface area contributed by atoms with Gasteiger partial charge in [-0.1, -0.05) is 18.2 Å². The lowest BCUT2D eigenvalue weighted by Gasteiger charge is -2.11. The molecular weight excluding hydrogens is 373 g/mol. The van der Waals surface area contributed by atoms with E-state index >= 15 is 0 Å². The largest absolute Gasteiger partial charge is 0.506 e. The Balaban J connectivity index is 2.00. The molecule has 0 aliphatic heterocycles. The number of H-pyrrole nitrogens is 1. The van der Waals surface area contributed by atoms with Crippen LogP contribution in [0.1, 0.15) is 16.7 Å². The number of halogens is 3. The molecule has 0 saturated heterocycles. The molecule has 0 fully saturated rings. The Morgan fingerprint density at radius 1 is 1.32 bits per heavy atom. The molecule has 0 amide bonds. The number of thiophene rings is 1. The maximum absolute atomic E-state index is 13.1. The molecule has 0 aliphatic carbocycles. The van der Waals surface area contributed by atoms with Gasteiger partial charge in [0, 0.05) is 11.8 Å². The van der Waals surface area contributed by atoms with Crippen LogP contribution in [0.2, 0.25) is 0 Å². The minimum atomic E-state index is -4.46. The zero-order chi connectivity index (χ0) is 18.2. The van der Waals surface area contributed by atoms with E-state index in [0.717, 1.165) is 35.2 Å². The van der Waals surface area contributed by atoms with Crippen molar-refractivity contribution in [2.75, 3.05) is 0 Å². The first-order valence-electron chi connectivity index (χ1n) is 6.88. The number of nitrogens with one attached hydrogen (secondary N) is 1. The Labute approximate surface area is 147 Å². The van der Waals surface area contributed by atoms with Crippen LogP contribution in [0.25, 0.3) is 10.2 Å². The summed E-state index contributed by atoms with van der Waals surface area (Å²) < 4.78 is 39.9. The van der Waals surface area contributed by atoms with E-state index in [2.05, 4.69) is 4.98 Å². The molecular formula is C16H9F3N2O2S2. The van der Waals surface area contributed by atoms with Gasteiger partial charge in [0.05, 0.1) is 20.0 Å². The molecule has 9 heteroatoms. The lowest BCUT2D eigenvalue weighted by Crippen LogP contribution is -2.08. The lowest BCUT2D eigenvalue weighted by molar-refractivity contribution is -0.138. The van der Waals surface area contributed by atoms with Gasteiger partial charge in [-0.3, -0.25) is 4.79 Å². The fraction of sp³-hybridized carbons (Fsp3) is 0.125. The van der Waals surface area contributed by atoms with Crippen LogP contribution in [-0.4, -0.2) is 10.1 Å². The summed E-state index contributed by atoms with van der Waals surface area (Å²) in [7, 11) is 0. The predicted molar refractivity (Wildman–Crippen MR) is 89.8 cm³/mol. The van der Waals surface area contributed by atoms with E-state index in [0.29, 0.717) is 8.91 Å². The van der Waals surface area contributed by atoms with Gasteiger partial charge in [-0.05, 0) is 11.6 Å². The SMILES string of the molecule is N#Cc1c(SCc2ccccc2C(F)(F)F)sc2c(O)cc(=O)[nH]c12. The van der Waals surface area contributed by atoms with Gasteiger partial charge in [-0.15, -0.1) is 23.1 Å².